The van der Waals surface area contributed by atoms with Gasteiger partial charge in [-0.1, -0.05) is 31.4 Å². The van der Waals surface area contributed by atoms with Crippen LogP contribution >= 0.6 is 24.0 Å². The highest BCUT2D eigenvalue weighted by atomic mass is 127. The average Bonchev–Trinajstić information content (AvgIpc) is 2.82. The monoisotopic (exact) mass is 560 g/mol. The smallest absolute Gasteiger partial charge is 0.191 e. The Kier molecular flexibility index (Phi) is 12.7. The van der Waals surface area contributed by atoms with Crippen LogP contribution in [0.5, 0.6) is 5.75 Å². The largest absolute Gasteiger partial charge is 0.491 e. The van der Waals surface area contributed by atoms with Crippen molar-refractivity contribution in [3.05, 3.63) is 29.8 Å². The van der Waals surface area contributed by atoms with E-state index in [2.05, 4.69) is 34.6 Å². The van der Waals surface area contributed by atoms with Crippen LogP contribution in [0.2, 0.25) is 0 Å². The SMILES string of the molecule is CCNC(=NCc1cccc(OCCOC)c1)NCC1(N2CCOCC2)CCCCC1.I. The number of hydrogen-bond donors (Lipinski definition) is 2. The molecule has 2 aliphatic rings. The molecule has 32 heavy (non-hydrogen) atoms. The fraction of sp³-hybridized carbons (Fsp3) is 0.708. The molecule has 7 nitrogen and oxygen atoms in total. The molecule has 1 aromatic carbocycles. The van der Waals surface area contributed by atoms with E-state index in [1.807, 2.05) is 12.1 Å². The van der Waals surface area contributed by atoms with E-state index < -0.39 is 0 Å². The van der Waals surface area contributed by atoms with Crippen molar-refractivity contribution < 1.29 is 14.2 Å². The van der Waals surface area contributed by atoms with Gasteiger partial charge in [-0.25, -0.2) is 4.99 Å². The fourth-order valence-corrected chi connectivity index (χ4v) is 4.59. The van der Waals surface area contributed by atoms with Crippen molar-refractivity contribution in [2.24, 2.45) is 4.99 Å². The average molecular weight is 561 g/mol. The van der Waals surface area contributed by atoms with Crippen molar-refractivity contribution in [2.45, 2.75) is 51.1 Å². The number of hydrogen-bond acceptors (Lipinski definition) is 5. The zero-order chi connectivity index (χ0) is 21.8. The molecule has 3 rings (SSSR count). The molecule has 1 saturated carbocycles. The van der Waals surface area contributed by atoms with Gasteiger partial charge in [0, 0.05) is 38.8 Å². The Morgan fingerprint density at radius 3 is 2.62 bits per heavy atom. The molecule has 2 N–H and O–H groups in total. The molecule has 0 bridgehead atoms. The van der Waals surface area contributed by atoms with Crippen LogP contribution in [-0.2, 0) is 16.0 Å². The van der Waals surface area contributed by atoms with Crippen molar-refractivity contribution in [3.63, 3.8) is 0 Å². The summed E-state index contributed by atoms with van der Waals surface area (Å²) in [7, 11) is 1.68. The van der Waals surface area contributed by atoms with E-state index in [1.165, 1.54) is 32.1 Å². The van der Waals surface area contributed by atoms with Crippen LogP contribution in [-0.4, -0.2) is 76.1 Å². The summed E-state index contributed by atoms with van der Waals surface area (Å²) >= 11 is 0. The van der Waals surface area contributed by atoms with Crippen molar-refractivity contribution in [3.8, 4) is 5.75 Å². The first-order valence-electron chi connectivity index (χ1n) is 11.8. The summed E-state index contributed by atoms with van der Waals surface area (Å²) in [6.07, 6.45) is 6.47. The lowest BCUT2D eigenvalue weighted by molar-refractivity contribution is -0.0352. The maximum atomic E-state index is 5.73. The standard InChI is InChI=1S/C24H40N4O3.HI/c1-3-25-23(26-19-21-8-7-9-22(18-21)31-17-16-29-2)27-20-24(10-5-4-6-11-24)28-12-14-30-15-13-28;/h7-9,18H,3-6,10-17,19-20H2,1-2H3,(H2,25,26,27);1H. The Bertz CT molecular complexity index is 677. The molecule has 0 unspecified atom stereocenters. The molecule has 182 valence electrons. The van der Waals surface area contributed by atoms with E-state index in [1.54, 1.807) is 7.11 Å². The summed E-state index contributed by atoms with van der Waals surface area (Å²) in [6.45, 7) is 9.39. The first-order chi connectivity index (χ1) is 15.3. The summed E-state index contributed by atoms with van der Waals surface area (Å²) in [5.41, 5.74) is 1.35. The second-order valence-electron chi connectivity index (χ2n) is 8.42. The minimum Gasteiger partial charge on any atom is -0.491 e. The van der Waals surface area contributed by atoms with Gasteiger partial charge in [0.1, 0.15) is 12.4 Å². The number of guanidine groups is 1. The van der Waals surface area contributed by atoms with E-state index in [9.17, 15) is 0 Å². The quantitative estimate of drug-likeness (QED) is 0.198. The zero-order valence-electron chi connectivity index (χ0n) is 19.7. The van der Waals surface area contributed by atoms with E-state index in [0.29, 0.717) is 19.8 Å². The van der Waals surface area contributed by atoms with Crippen LogP contribution in [0, 0.1) is 0 Å². The second-order valence-corrected chi connectivity index (χ2v) is 8.42. The number of nitrogens with one attached hydrogen (secondary N) is 2. The molecule has 1 aliphatic carbocycles. The Balaban J connectivity index is 0.00000363. The third-order valence-electron chi connectivity index (χ3n) is 6.27. The van der Waals surface area contributed by atoms with Gasteiger partial charge in [-0.2, -0.15) is 0 Å². The molecule has 8 heteroatoms. The minimum atomic E-state index is 0. The predicted molar refractivity (Wildman–Crippen MR) is 140 cm³/mol. The summed E-state index contributed by atoms with van der Waals surface area (Å²) in [6, 6.07) is 8.13. The molecular weight excluding hydrogens is 519 g/mol. The number of ether oxygens (including phenoxy) is 3. The van der Waals surface area contributed by atoms with Crippen molar-refractivity contribution in [1.82, 2.24) is 15.5 Å². The number of morpholine rings is 1. The molecular formula is C24H41IN4O3. The van der Waals surface area contributed by atoms with Crippen LogP contribution in [0.15, 0.2) is 29.3 Å². The van der Waals surface area contributed by atoms with Gasteiger partial charge in [-0.3, -0.25) is 4.90 Å². The van der Waals surface area contributed by atoms with Crippen LogP contribution in [0.4, 0.5) is 0 Å². The highest BCUT2D eigenvalue weighted by molar-refractivity contribution is 14.0. The summed E-state index contributed by atoms with van der Waals surface area (Å²) in [5, 5.41) is 7.08. The number of benzene rings is 1. The Morgan fingerprint density at radius 1 is 1.12 bits per heavy atom. The molecule has 0 atom stereocenters. The molecule has 2 fully saturated rings. The molecule has 1 saturated heterocycles. The lowest BCUT2D eigenvalue weighted by Crippen LogP contribution is -2.60. The van der Waals surface area contributed by atoms with Crippen molar-refractivity contribution in [2.75, 3.05) is 59.7 Å². The molecule has 0 aromatic heterocycles. The number of halogens is 1. The summed E-state index contributed by atoms with van der Waals surface area (Å²) < 4.78 is 16.4. The van der Waals surface area contributed by atoms with Gasteiger partial charge in [0.15, 0.2) is 5.96 Å². The van der Waals surface area contributed by atoms with Crippen LogP contribution < -0.4 is 15.4 Å². The normalized spacial score (nSPS) is 19.1. The zero-order valence-corrected chi connectivity index (χ0v) is 22.1. The predicted octanol–water partition coefficient (Wildman–Crippen LogP) is 3.42. The van der Waals surface area contributed by atoms with E-state index in [-0.39, 0.29) is 29.5 Å². The second kappa shape index (κ2) is 14.9. The molecule has 1 aromatic rings. The highest BCUT2D eigenvalue weighted by Crippen LogP contribution is 2.33. The van der Waals surface area contributed by atoms with Gasteiger partial charge in [0.2, 0.25) is 0 Å². The Morgan fingerprint density at radius 2 is 1.91 bits per heavy atom. The third kappa shape index (κ3) is 8.35. The lowest BCUT2D eigenvalue weighted by atomic mass is 9.80. The lowest BCUT2D eigenvalue weighted by Gasteiger charge is -2.48. The van der Waals surface area contributed by atoms with E-state index in [0.717, 1.165) is 56.7 Å². The maximum absolute atomic E-state index is 5.73. The Hall–Kier alpha value is -1.10. The first kappa shape index (κ1) is 27.1. The molecule has 0 spiro atoms. The molecule has 1 aliphatic heterocycles. The summed E-state index contributed by atoms with van der Waals surface area (Å²) in [4.78, 5) is 7.51. The van der Waals surface area contributed by atoms with Gasteiger partial charge in [-0.05, 0) is 37.5 Å². The van der Waals surface area contributed by atoms with Crippen LogP contribution in [0.3, 0.4) is 0 Å². The van der Waals surface area contributed by atoms with Gasteiger partial charge >= 0.3 is 0 Å². The van der Waals surface area contributed by atoms with Crippen LogP contribution in [0.25, 0.3) is 0 Å². The van der Waals surface area contributed by atoms with E-state index in [4.69, 9.17) is 19.2 Å². The van der Waals surface area contributed by atoms with Gasteiger partial charge in [-0.15, -0.1) is 24.0 Å². The molecule has 0 radical (unpaired) electrons. The maximum Gasteiger partial charge on any atom is 0.191 e. The third-order valence-corrected chi connectivity index (χ3v) is 6.27. The first-order valence-corrected chi connectivity index (χ1v) is 11.8. The molecule has 0 amide bonds. The van der Waals surface area contributed by atoms with Crippen LogP contribution in [0.1, 0.15) is 44.6 Å². The number of rotatable bonds is 10. The highest BCUT2D eigenvalue weighted by Gasteiger charge is 2.38. The van der Waals surface area contributed by atoms with Crippen molar-refractivity contribution >= 4 is 29.9 Å². The summed E-state index contributed by atoms with van der Waals surface area (Å²) in [5.74, 6) is 1.74. The van der Waals surface area contributed by atoms with E-state index >= 15 is 0 Å². The van der Waals surface area contributed by atoms with Gasteiger partial charge in [0.25, 0.3) is 0 Å². The number of aliphatic imine (C=N–C) groups is 1. The fourth-order valence-electron chi connectivity index (χ4n) is 4.59. The number of nitrogens with zero attached hydrogens (tertiary/aromatic N) is 2. The number of methoxy groups -OCH3 is 1. The van der Waals surface area contributed by atoms with Gasteiger partial charge in [0.05, 0.1) is 26.4 Å². The topological polar surface area (TPSA) is 67.4 Å². The van der Waals surface area contributed by atoms with Gasteiger partial charge < -0.3 is 24.8 Å². The molecule has 1 heterocycles. The van der Waals surface area contributed by atoms with Crippen molar-refractivity contribution in [1.29, 1.82) is 0 Å². The minimum absolute atomic E-state index is 0. The Labute approximate surface area is 210 Å².